The molecule has 0 radical (unpaired) electrons. The van der Waals surface area contributed by atoms with Crippen LogP contribution in [0.3, 0.4) is 0 Å². The number of carbonyl (C=O) groups is 2. The van der Waals surface area contributed by atoms with Crippen molar-refractivity contribution in [3.63, 3.8) is 0 Å². The summed E-state index contributed by atoms with van der Waals surface area (Å²) in [5, 5.41) is 3.37. The predicted octanol–water partition coefficient (Wildman–Crippen LogP) is 1.69. The Morgan fingerprint density at radius 2 is 1.81 bits per heavy atom. The van der Waals surface area contributed by atoms with E-state index in [4.69, 9.17) is 11.6 Å². The van der Waals surface area contributed by atoms with E-state index in [-0.39, 0.29) is 17.9 Å². The molecule has 0 bridgehead atoms. The monoisotopic (exact) mass is 393 g/mol. The SMILES string of the molecule is CC(C(=O)Nc1ccc(Cl)cn1)N1CCN(CC(=O)N2CCCCC2)CC1. The molecule has 2 saturated heterocycles. The highest BCUT2D eigenvalue weighted by Gasteiger charge is 2.27. The van der Waals surface area contributed by atoms with E-state index in [1.165, 1.54) is 12.6 Å². The molecule has 3 rings (SSSR count). The lowest BCUT2D eigenvalue weighted by atomic mass is 10.1. The number of piperidine rings is 1. The van der Waals surface area contributed by atoms with Gasteiger partial charge in [-0.3, -0.25) is 19.4 Å². The Bertz CT molecular complexity index is 640. The number of halogens is 1. The van der Waals surface area contributed by atoms with Gasteiger partial charge >= 0.3 is 0 Å². The molecule has 0 aromatic carbocycles. The summed E-state index contributed by atoms with van der Waals surface area (Å²) in [4.78, 5) is 35.3. The maximum Gasteiger partial charge on any atom is 0.242 e. The fourth-order valence-electron chi connectivity index (χ4n) is 3.59. The van der Waals surface area contributed by atoms with Gasteiger partial charge in [0, 0.05) is 45.5 Å². The highest BCUT2D eigenvalue weighted by Crippen LogP contribution is 2.13. The zero-order valence-electron chi connectivity index (χ0n) is 15.9. The van der Waals surface area contributed by atoms with Crippen molar-refractivity contribution in [1.82, 2.24) is 19.7 Å². The van der Waals surface area contributed by atoms with Crippen molar-refractivity contribution in [3.8, 4) is 0 Å². The Morgan fingerprint density at radius 1 is 1.11 bits per heavy atom. The van der Waals surface area contributed by atoms with E-state index in [0.29, 0.717) is 17.4 Å². The topological polar surface area (TPSA) is 68.8 Å². The Balaban J connectivity index is 1.43. The Labute approximate surface area is 165 Å². The van der Waals surface area contributed by atoms with E-state index >= 15 is 0 Å². The molecule has 1 aromatic heterocycles. The molecule has 8 heteroatoms. The predicted molar refractivity (Wildman–Crippen MR) is 106 cm³/mol. The molecule has 27 heavy (non-hydrogen) atoms. The van der Waals surface area contributed by atoms with Crippen molar-refractivity contribution >= 4 is 29.2 Å². The van der Waals surface area contributed by atoms with Gasteiger partial charge in [-0.15, -0.1) is 0 Å². The van der Waals surface area contributed by atoms with Gasteiger partial charge < -0.3 is 10.2 Å². The van der Waals surface area contributed by atoms with Crippen molar-refractivity contribution in [1.29, 1.82) is 0 Å². The molecule has 0 spiro atoms. The first-order valence-electron chi connectivity index (χ1n) is 9.69. The second kappa shape index (κ2) is 9.48. The number of rotatable bonds is 5. The fourth-order valence-corrected chi connectivity index (χ4v) is 3.70. The van der Waals surface area contributed by atoms with Gasteiger partial charge in [-0.25, -0.2) is 4.98 Å². The van der Waals surface area contributed by atoms with Gasteiger partial charge in [0.15, 0.2) is 0 Å². The summed E-state index contributed by atoms with van der Waals surface area (Å²) in [6, 6.07) is 3.15. The Morgan fingerprint density at radius 3 is 2.44 bits per heavy atom. The molecule has 3 heterocycles. The van der Waals surface area contributed by atoms with Gasteiger partial charge in [-0.1, -0.05) is 11.6 Å². The summed E-state index contributed by atoms with van der Waals surface area (Å²) in [7, 11) is 0. The number of likely N-dealkylation sites (tertiary alicyclic amines) is 1. The summed E-state index contributed by atoms with van der Waals surface area (Å²) in [5.74, 6) is 0.660. The van der Waals surface area contributed by atoms with Gasteiger partial charge in [0.1, 0.15) is 5.82 Å². The number of aromatic nitrogens is 1. The second-order valence-corrected chi connectivity index (χ2v) is 7.72. The number of hydrogen-bond donors (Lipinski definition) is 1. The number of piperazine rings is 1. The first-order chi connectivity index (χ1) is 13.0. The first kappa shape index (κ1) is 20.0. The molecule has 1 atom stereocenters. The number of anilines is 1. The molecule has 2 aliphatic rings. The minimum atomic E-state index is -0.248. The van der Waals surface area contributed by atoms with E-state index in [1.54, 1.807) is 12.1 Å². The molecule has 2 aliphatic heterocycles. The summed E-state index contributed by atoms with van der Waals surface area (Å²) < 4.78 is 0. The Kier molecular flexibility index (Phi) is 7.04. The second-order valence-electron chi connectivity index (χ2n) is 7.28. The van der Waals surface area contributed by atoms with Crippen molar-refractivity contribution < 1.29 is 9.59 Å². The number of amides is 2. The molecule has 148 valence electrons. The van der Waals surface area contributed by atoms with Crippen molar-refractivity contribution in [2.45, 2.75) is 32.2 Å². The van der Waals surface area contributed by atoms with Crippen LogP contribution in [-0.4, -0.2) is 83.4 Å². The molecular formula is C19H28ClN5O2. The largest absolute Gasteiger partial charge is 0.342 e. The fraction of sp³-hybridized carbons (Fsp3) is 0.632. The zero-order chi connectivity index (χ0) is 19.2. The molecular weight excluding hydrogens is 366 g/mol. The average Bonchev–Trinajstić information content (AvgIpc) is 2.70. The van der Waals surface area contributed by atoms with Gasteiger partial charge in [-0.2, -0.15) is 0 Å². The van der Waals surface area contributed by atoms with E-state index in [0.717, 1.165) is 52.1 Å². The normalized spacial score (nSPS) is 20.3. The minimum absolute atomic E-state index is 0.0809. The van der Waals surface area contributed by atoms with E-state index in [2.05, 4.69) is 20.1 Å². The van der Waals surface area contributed by atoms with Crippen LogP contribution in [0, 0.1) is 0 Å². The van der Waals surface area contributed by atoms with Crippen molar-refractivity contribution in [2.24, 2.45) is 0 Å². The smallest absolute Gasteiger partial charge is 0.242 e. The molecule has 7 nitrogen and oxygen atoms in total. The highest BCUT2D eigenvalue weighted by molar-refractivity contribution is 6.30. The lowest BCUT2D eigenvalue weighted by Gasteiger charge is -2.38. The van der Waals surface area contributed by atoms with Crippen LogP contribution in [-0.2, 0) is 9.59 Å². The van der Waals surface area contributed by atoms with Crippen LogP contribution >= 0.6 is 11.6 Å². The third-order valence-corrected chi connectivity index (χ3v) is 5.60. The molecule has 0 aliphatic carbocycles. The summed E-state index contributed by atoms with van der Waals surface area (Å²) in [5.41, 5.74) is 0. The summed E-state index contributed by atoms with van der Waals surface area (Å²) >= 11 is 5.82. The molecule has 1 aromatic rings. The standard InChI is InChI=1S/C19H28ClN5O2/c1-15(19(27)22-17-6-5-16(20)13-21-17)24-11-9-23(10-12-24)14-18(26)25-7-3-2-4-8-25/h5-6,13,15H,2-4,7-12,14H2,1H3,(H,21,22,27). The van der Waals surface area contributed by atoms with Crippen LogP contribution in [0.15, 0.2) is 18.3 Å². The van der Waals surface area contributed by atoms with Crippen LogP contribution in [0.4, 0.5) is 5.82 Å². The molecule has 2 amide bonds. The number of pyridine rings is 1. The summed E-state index contributed by atoms with van der Waals surface area (Å²) in [6.45, 7) is 7.34. The van der Waals surface area contributed by atoms with E-state index in [9.17, 15) is 9.59 Å². The third kappa shape index (κ3) is 5.64. The maximum absolute atomic E-state index is 12.5. The van der Waals surface area contributed by atoms with Crippen molar-refractivity contribution in [3.05, 3.63) is 23.4 Å². The van der Waals surface area contributed by atoms with Crippen LogP contribution in [0.2, 0.25) is 5.02 Å². The molecule has 0 saturated carbocycles. The lowest BCUT2D eigenvalue weighted by molar-refractivity contribution is -0.134. The maximum atomic E-state index is 12.5. The number of nitrogens with one attached hydrogen (secondary N) is 1. The average molecular weight is 394 g/mol. The van der Waals surface area contributed by atoms with Crippen LogP contribution in [0.5, 0.6) is 0 Å². The number of carbonyl (C=O) groups excluding carboxylic acids is 2. The lowest BCUT2D eigenvalue weighted by Crippen LogP contribution is -2.54. The van der Waals surface area contributed by atoms with Gasteiger partial charge in [0.2, 0.25) is 11.8 Å². The summed E-state index contributed by atoms with van der Waals surface area (Å²) in [6.07, 6.45) is 4.98. The number of nitrogens with zero attached hydrogens (tertiary/aromatic N) is 4. The Hall–Kier alpha value is -1.70. The quantitative estimate of drug-likeness (QED) is 0.824. The van der Waals surface area contributed by atoms with Gasteiger partial charge in [-0.05, 0) is 38.3 Å². The highest BCUT2D eigenvalue weighted by atomic mass is 35.5. The van der Waals surface area contributed by atoms with E-state index < -0.39 is 0 Å². The van der Waals surface area contributed by atoms with Gasteiger partial charge in [0.25, 0.3) is 0 Å². The molecule has 2 fully saturated rings. The van der Waals surface area contributed by atoms with Gasteiger partial charge in [0.05, 0.1) is 17.6 Å². The van der Waals surface area contributed by atoms with Crippen molar-refractivity contribution in [2.75, 3.05) is 51.1 Å². The number of hydrogen-bond acceptors (Lipinski definition) is 5. The van der Waals surface area contributed by atoms with Crippen LogP contribution in [0.1, 0.15) is 26.2 Å². The third-order valence-electron chi connectivity index (χ3n) is 5.38. The van der Waals surface area contributed by atoms with Crippen LogP contribution in [0.25, 0.3) is 0 Å². The van der Waals surface area contributed by atoms with E-state index in [1.807, 2.05) is 11.8 Å². The molecule has 1 N–H and O–H groups in total. The van der Waals surface area contributed by atoms with Crippen LogP contribution < -0.4 is 5.32 Å². The zero-order valence-corrected chi connectivity index (χ0v) is 16.6. The molecule has 1 unspecified atom stereocenters. The minimum Gasteiger partial charge on any atom is -0.342 e. The first-order valence-corrected chi connectivity index (χ1v) is 10.1.